The van der Waals surface area contributed by atoms with Crippen LogP contribution >= 0.6 is 0 Å². The topological polar surface area (TPSA) is 34.4 Å². The van der Waals surface area contributed by atoms with Gasteiger partial charge in [0.2, 0.25) is 0 Å². The zero-order valence-electron chi connectivity index (χ0n) is 17.4. The Kier molecular flexibility index (Phi) is 5.53. The number of hydrogen-bond donors (Lipinski definition) is 1. The van der Waals surface area contributed by atoms with Crippen LogP contribution in [0.1, 0.15) is 60.3 Å². The second-order valence-corrected chi connectivity index (χ2v) is 8.58. The standard InChI is InChI=1S/C24H33NO2/c1-6-7-8-11-16-25-21-13-10-9-12-19(21)20-17-18(14-15-22(20)25)27-24(4,5)23(2,3)26/h9-10,12-15,17,26H,6-8,11,16H2,1-5H3. The van der Waals surface area contributed by atoms with Gasteiger partial charge in [0.05, 0.1) is 5.60 Å². The highest BCUT2D eigenvalue weighted by Crippen LogP contribution is 2.34. The van der Waals surface area contributed by atoms with Crippen molar-refractivity contribution in [1.82, 2.24) is 4.57 Å². The molecule has 0 bridgehead atoms. The highest BCUT2D eigenvalue weighted by Gasteiger charge is 2.37. The molecule has 0 radical (unpaired) electrons. The van der Waals surface area contributed by atoms with E-state index in [0.717, 1.165) is 12.3 Å². The van der Waals surface area contributed by atoms with Crippen LogP contribution in [-0.2, 0) is 6.54 Å². The van der Waals surface area contributed by atoms with Gasteiger partial charge in [0.15, 0.2) is 0 Å². The Balaban J connectivity index is 2.00. The largest absolute Gasteiger partial charge is 0.485 e. The highest BCUT2D eigenvalue weighted by atomic mass is 16.5. The average molecular weight is 368 g/mol. The van der Waals surface area contributed by atoms with Crippen LogP contribution in [0.25, 0.3) is 21.8 Å². The molecular formula is C24H33NO2. The molecule has 0 spiro atoms. The maximum absolute atomic E-state index is 10.4. The number of para-hydroxylation sites is 1. The minimum absolute atomic E-state index is 0.681. The van der Waals surface area contributed by atoms with Crippen molar-refractivity contribution in [3.05, 3.63) is 42.5 Å². The van der Waals surface area contributed by atoms with E-state index in [1.165, 1.54) is 47.5 Å². The van der Waals surface area contributed by atoms with Crippen molar-refractivity contribution in [3.8, 4) is 5.75 Å². The number of nitrogens with zero attached hydrogens (tertiary/aromatic N) is 1. The predicted octanol–water partition coefficient (Wildman–Crippen LogP) is 6.30. The monoisotopic (exact) mass is 367 g/mol. The molecule has 0 aliphatic heterocycles. The van der Waals surface area contributed by atoms with Crippen molar-refractivity contribution in [1.29, 1.82) is 0 Å². The Morgan fingerprint density at radius 2 is 1.59 bits per heavy atom. The summed E-state index contributed by atoms with van der Waals surface area (Å²) in [5.41, 5.74) is 0.915. The van der Waals surface area contributed by atoms with E-state index in [2.05, 4.69) is 47.9 Å². The van der Waals surface area contributed by atoms with E-state index < -0.39 is 11.2 Å². The zero-order valence-corrected chi connectivity index (χ0v) is 17.4. The Bertz CT molecular complexity index is 915. The lowest BCUT2D eigenvalue weighted by molar-refractivity contribution is -0.0906. The second-order valence-electron chi connectivity index (χ2n) is 8.58. The van der Waals surface area contributed by atoms with Crippen LogP contribution in [-0.4, -0.2) is 20.9 Å². The maximum Gasteiger partial charge on any atom is 0.131 e. The number of aromatic nitrogens is 1. The van der Waals surface area contributed by atoms with E-state index in [-0.39, 0.29) is 0 Å². The van der Waals surface area contributed by atoms with Crippen molar-refractivity contribution in [2.45, 2.75) is 78.0 Å². The van der Waals surface area contributed by atoms with Crippen molar-refractivity contribution in [3.63, 3.8) is 0 Å². The van der Waals surface area contributed by atoms with Gasteiger partial charge in [0, 0.05) is 28.4 Å². The van der Waals surface area contributed by atoms with Crippen LogP contribution in [0.3, 0.4) is 0 Å². The normalized spacial score (nSPS) is 12.8. The van der Waals surface area contributed by atoms with Gasteiger partial charge in [0.1, 0.15) is 11.4 Å². The van der Waals surface area contributed by atoms with Gasteiger partial charge < -0.3 is 14.4 Å². The van der Waals surface area contributed by atoms with E-state index in [0.29, 0.717) is 0 Å². The van der Waals surface area contributed by atoms with Gasteiger partial charge in [-0.1, -0.05) is 44.4 Å². The minimum Gasteiger partial charge on any atom is -0.485 e. The molecule has 3 nitrogen and oxygen atoms in total. The van der Waals surface area contributed by atoms with Crippen LogP contribution in [0.15, 0.2) is 42.5 Å². The molecule has 2 aromatic carbocycles. The van der Waals surface area contributed by atoms with Gasteiger partial charge in [-0.25, -0.2) is 0 Å². The van der Waals surface area contributed by atoms with E-state index in [1.54, 1.807) is 13.8 Å². The van der Waals surface area contributed by atoms with Crippen molar-refractivity contribution < 1.29 is 9.84 Å². The smallest absolute Gasteiger partial charge is 0.131 e. The number of aliphatic hydroxyl groups is 1. The number of rotatable bonds is 8. The van der Waals surface area contributed by atoms with Crippen LogP contribution < -0.4 is 4.74 Å². The number of hydrogen-bond acceptors (Lipinski definition) is 2. The molecule has 3 aromatic rings. The maximum atomic E-state index is 10.4. The summed E-state index contributed by atoms with van der Waals surface area (Å²) in [5.74, 6) is 0.795. The first kappa shape index (κ1) is 19.8. The summed E-state index contributed by atoms with van der Waals surface area (Å²) in [6, 6.07) is 14.9. The first-order chi connectivity index (χ1) is 12.7. The fourth-order valence-electron chi connectivity index (χ4n) is 3.45. The molecule has 1 N–H and O–H groups in total. The van der Waals surface area contributed by atoms with Crippen molar-refractivity contribution in [2.24, 2.45) is 0 Å². The summed E-state index contributed by atoms with van der Waals surface area (Å²) in [6.45, 7) is 10.7. The molecule has 0 amide bonds. The highest BCUT2D eigenvalue weighted by molar-refractivity contribution is 6.08. The van der Waals surface area contributed by atoms with Crippen LogP contribution in [0.5, 0.6) is 5.75 Å². The SMILES string of the molecule is CCCCCCn1c2ccccc2c2cc(OC(C)(C)C(C)(C)O)ccc21. The van der Waals surface area contributed by atoms with Gasteiger partial charge in [-0.15, -0.1) is 0 Å². The molecule has 0 atom stereocenters. The predicted molar refractivity (Wildman–Crippen MR) is 115 cm³/mol. The van der Waals surface area contributed by atoms with Gasteiger partial charge >= 0.3 is 0 Å². The van der Waals surface area contributed by atoms with Gasteiger partial charge in [0.25, 0.3) is 0 Å². The van der Waals surface area contributed by atoms with Crippen LogP contribution in [0.4, 0.5) is 0 Å². The summed E-state index contributed by atoms with van der Waals surface area (Å²) in [4.78, 5) is 0. The fraction of sp³-hybridized carbons (Fsp3) is 0.500. The van der Waals surface area contributed by atoms with E-state index >= 15 is 0 Å². The average Bonchev–Trinajstić information content (AvgIpc) is 2.91. The fourth-order valence-corrected chi connectivity index (χ4v) is 3.45. The zero-order chi connectivity index (χ0) is 19.7. The first-order valence-corrected chi connectivity index (χ1v) is 10.2. The van der Waals surface area contributed by atoms with Gasteiger partial charge in [-0.2, -0.15) is 0 Å². The second kappa shape index (κ2) is 7.55. The van der Waals surface area contributed by atoms with Gasteiger partial charge in [-0.3, -0.25) is 0 Å². The number of unbranched alkanes of at least 4 members (excludes halogenated alkanes) is 3. The third-order valence-corrected chi connectivity index (χ3v) is 5.83. The molecule has 1 heterocycles. The number of aryl methyl sites for hydroxylation is 1. The van der Waals surface area contributed by atoms with E-state index in [9.17, 15) is 5.11 Å². The molecule has 0 unspecified atom stereocenters. The number of ether oxygens (including phenoxy) is 1. The summed E-state index contributed by atoms with van der Waals surface area (Å²) in [7, 11) is 0. The minimum atomic E-state index is -0.935. The number of fused-ring (bicyclic) bond motifs is 3. The first-order valence-electron chi connectivity index (χ1n) is 10.2. The molecule has 0 aliphatic rings. The van der Waals surface area contributed by atoms with Crippen molar-refractivity contribution >= 4 is 21.8 Å². The molecule has 0 aliphatic carbocycles. The summed E-state index contributed by atoms with van der Waals surface area (Å²) in [5, 5.41) is 12.9. The third-order valence-electron chi connectivity index (χ3n) is 5.83. The molecule has 0 saturated carbocycles. The summed E-state index contributed by atoms with van der Waals surface area (Å²) >= 11 is 0. The summed E-state index contributed by atoms with van der Waals surface area (Å²) in [6.07, 6.45) is 5.02. The lowest BCUT2D eigenvalue weighted by Gasteiger charge is -2.37. The Hall–Kier alpha value is -2.00. The molecule has 27 heavy (non-hydrogen) atoms. The Morgan fingerprint density at radius 1 is 0.889 bits per heavy atom. The quantitative estimate of drug-likeness (QED) is 0.474. The van der Waals surface area contributed by atoms with Crippen LogP contribution in [0, 0.1) is 0 Å². The lowest BCUT2D eigenvalue weighted by Crippen LogP contribution is -2.49. The van der Waals surface area contributed by atoms with Crippen LogP contribution in [0.2, 0.25) is 0 Å². The lowest BCUT2D eigenvalue weighted by atomic mass is 9.89. The molecule has 1 aromatic heterocycles. The molecule has 0 fully saturated rings. The summed E-state index contributed by atoms with van der Waals surface area (Å²) < 4.78 is 8.62. The van der Waals surface area contributed by atoms with Crippen molar-refractivity contribution in [2.75, 3.05) is 0 Å². The third kappa shape index (κ3) is 3.98. The molecule has 146 valence electrons. The van der Waals surface area contributed by atoms with Gasteiger partial charge in [-0.05, 0) is 58.4 Å². The van der Waals surface area contributed by atoms with E-state index in [1.807, 2.05) is 19.9 Å². The molecule has 0 saturated heterocycles. The Morgan fingerprint density at radius 3 is 2.30 bits per heavy atom. The Labute approximate surface area is 163 Å². The van der Waals surface area contributed by atoms with E-state index in [4.69, 9.17) is 4.74 Å². The molecule has 3 rings (SSSR count). The molecule has 3 heteroatoms. The molecular weight excluding hydrogens is 334 g/mol. The number of benzene rings is 2.